The first-order valence-electron chi connectivity index (χ1n) is 10.3. The van der Waals surface area contributed by atoms with Crippen molar-refractivity contribution in [1.82, 2.24) is 0 Å². The molecule has 0 radical (unpaired) electrons. The minimum Gasteiger partial charge on any atom is -0.359 e. The zero-order chi connectivity index (χ0) is 21.9. The molecule has 4 nitrogen and oxygen atoms in total. The van der Waals surface area contributed by atoms with Gasteiger partial charge >= 0.3 is 0 Å². The Morgan fingerprint density at radius 2 is 1.71 bits per heavy atom. The Hall–Kier alpha value is -3.49. The van der Waals surface area contributed by atoms with Crippen LogP contribution in [0.4, 0.5) is 11.4 Å². The lowest BCUT2D eigenvalue weighted by atomic mass is 10.1. The summed E-state index contributed by atoms with van der Waals surface area (Å²) in [6, 6.07) is 27.6. The van der Waals surface area contributed by atoms with Gasteiger partial charge in [0.05, 0.1) is 5.69 Å². The number of unbranched alkanes of at least 4 members (excludes halogenated alkanes) is 1. The summed E-state index contributed by atoms with van der Waals surface area (Å²) in [6.45, 7) is 2.16. The van der Waals surface area contributed by atoms with E-state index in [1.807, 2.05) is 84.9 Å². The second-order valence-electron chi connectivity index (χ2n) is 6.98. The number of nitrogens with one attached hydrogen (secondary N) is 2. The van der Waals surface area contributed by atoms with Crippen molar-refractivity contribution < 1.29 is 4.79 Å². The van der Waals surface area contributed by atoms with Crippen molar-refractivity contribution in [3.8, 4) is 6.07 Å². The number of hydrogen-bond donors (Lipinski definition) is 2. The maximum Gasteiger partial charge on any atom is 0.267 e. The fourth-order valence-electron chi connectivity index (χ4n) is 2.92. The van der Waals surface area contributed by atoms with Gasteiger partial charge in [0.15, 0.2) is 0 Å². The maximum atomic E-state index is 12.6. The van der Waals surface area contributed by atoms with Crippen molar-refractivity contribution in [2.75, 3.05) is 10.6 Å². The number of benzene rings is 3. The monoisotopic (exact) mass is 427 g/mol. The van der Waals surface area contributed by atoms with Gasteiger partial charge in [0.1, 0.15) is 11.6 Å². The molecule has 0 aliphatic heterocycles. The lowest BCUT2D eigenvalue weighted by Crippen LogP contribution is -2.14. The lowest BCUT2D eigenvalue weighted by molar-refractivity contribution is -0.112. The Kier molecular flexibility index (Phi) is 8.33. The number of hydrogen-bond acceptors (Lipinski definition) is 4. The molecule has 0 unspecified atom stereocenters. The standard InChI is InChI=1S/C26H25N3OS/c1-2-3-9-20-14-16-22(17-15-20)29-26(30)21(18-27)19-28-24-12-7-8-13-25(24)31-23-10-5-4-6-11-23/h4-8,10-17,19,28H,2-3,9H2,1H3,(H,29,30)/b21-19-. The van der Waals surface area contributed by atoms with Crippen molar-refractivity contribution in [2.45, 2.75) is 36.0 Å². The fraction of sp³-hybridized carbons (Fsp3) is 0.154. The molecule has 0 spiro atoms. The molecule has 3 rings (SSSR count). The van der Waals surface area contributed by atoms with Crippen LogP contribution in [-0.4, -0.2) is 5.91 Å². The lowest BCUT2D eigenvalue weighted by Gasteiger charge is -2.10. The van der Waals surface area contributed by atoms with E-state index in [-0.39, 0.29) is 5.57 Å². The number of aryl methyl sites for hydroxylation is 1. The third-order valence-electron chi connectivity index (χ3n) is 4.63. The number of carbonyl (C=O) groups is 1. The van der Waals surface area contributed by atoms with E-state index in [0.29, 0.717) is 5.69 Å². The summed E-state index contributed by atoms with van der Waals surface area (Å²) in [5.74, 6) is -0.440. The summed E-state index contributed by atoms with van der Waals surface area (Å²) in [5.41, 5.74) is 2.75. The van der Waals surface area contributed by atoms with Gasteiger partial charge in [-0.1, -0.05) is 67.6 Å². The molecular formula is C26H25N3OS. The number of nitriles is 1. The van der Waals surface area contributed by atoms with Gasteiger partial charge in [-0.3, -0.25) is 4.79 Å². The van der Waals surface area contributed by atoms with E-state index in [1.54, 1.807) is 11.8 Å². The van der Waals surface area contributed by atoms with E-state index in [2.05, 4.69) is 17.6 Å². The van der Waals surface area contributed by atoms with E-state index in [1.165, 1.54) is 11.8 Å². The Morgan fingerprint density at radius 3 is 2.42 bits per heavy atom. The minimum atomic E-state index is -0.440. The molecule has 156 valence electrons. The summed E-state index contributed by atoms with van der Waals surface area (Å²) in [5, 5.41) is 15.4. The predicted molar refractivity (Wildman–Crippen MR) is 128 cm³/mol. The van der Waals surface area contributed by atoms with E-state index in [0.717, 1.165) is 34.7 Å². The van der Waals surface area contributed by atoms with Crippen molar-refractivity contribution in [2.24, 2.45) is 0 Å². The van der Waals surface area contributed by atoms with Gasteiger partial charge in [-0.15, -0.1) is 0 Å². The number of nitrogens with zero attached hydrogens (tertiary/aromatic N) is 1. The normalized spacial score (nSPS) is 10.9. The number of anilines is 2. The van der Waals surface area contributed by atoms with E-state index in [9.17, 15) is 10.1 Å². The fourth-order valence-corrected chi connectivity index (χ4v) is 3.85. The van der Waals surface area contributed by atoms with Crippen molar-refractivity contribution in [1.29, 1.82) is 5.26 Å². The van der Waals surface area contributed by atoms with Crippen LogP contribution in [0.1, 0.15) is 25.3 Å². The van der Waals surface area contributed by atoms with Crippen LogP contribution in [0.25, 0.3) is 0 Å². The molecule has 0 saturated heterocycles. The third kappa shape index (κ3) is 6.77. The molecule has 0 bridgehead atoms. The zero-order valence-corrected chi connectivity index (χ0v) is 18.3. The highest BCUT2D eigenvalue weighted by Gasteiger charge is 2.10. The second-order valence-corrected chi connectivity index (χ2v) is 8.10. The first-order valence-corrected chi connectivity index (χ1v) is 11.1. The van der Waals surface area contributed by atoms with Crippen LogP contribution in [0.15, 0.2) is 100 Å². The summed E-state index contributed by atoms with van der Waals surface area (Å²) < 4.78 is 0. The maximum absolute atomic E-state index is 12.6. The summed E-state index contributed by atoms with van der Waals surface area (Å²) in [4.78, 5) is 14.7. The molecule has 0 aliphatic rings. The minimum absolute atomic E-state index is 0.00886. The molecule has 1 amide bonds. The molecule has 0 aromatic heterocycles. The first kappa shape index (κ1) is 22.2. The van der Waals surface area contributed by atoms with E-state index >= 15 is 0 Å². The molecule has 3 aromatic rings. The molecule has 0 atom stereocenters. The Bertz CT molecular complexity index is 1070. The Balaban J connectivity index is 1.67. The smallest absolute Gasteiger partial charge is 0.267 e. The molecule has 5 heteroatoms. The first-order chi connectivity index (χ1) is 15.2. The number of para-hydroxylation sites is 1. The highest BCUT2D eigenvalue weighted by atomic mass is 32.2. The van der Waals surface area contributed by atoms with Crippen molar-refractivity contribution in [3.05, 3.63) is 96.2 Å². The average Bonchev–Trinajstić information content (AvgIpc) is 2.81. The van der Waals surface area contributed by atoms with Crippen molar-refractivity contribution >= 4 is 29.0 Å². The highest BCUT2D eigenvalue weighted by molar-refractivity contribution is 7.99. The van der Waals surface area contributed by atoms with Gasteiger partial charge in [-0.2, -0.15) is 5.26 Å². The van der Waals surface area contributed by atoms with Crippen LogP contribution >= 0.6 is 11.8 Å². The molecule has 0 heterocycles. The largest absolute Gasteiger partial charge is 0.359 e. The van der Waals surface area contributed by atoms with Gasteiger partial charge in [0.2, 0.25) is 0 Å². The molecular weight excluding hydrogens is 402 g/mol. The molecule has 0 fully saturated rings. The highest BCUT2D eigenvalue weighted by Crippen LogP contribution is 2.33. The van der Waals surface area contributed by atoms with Gasteiger partial charge < -0.3 is 10.6 Å². The zero-order valence-electron chi connectivity index (χ0n) is 17.5. The van der Waals surface area contributed by atoms with E-state index in [4.69, 9.17) is 0 Å². The number of rotatable bonds is 9. The molecule has 0 aliphatic carbocycles. The van der Waals surface area contributed by atoms with Crippen LogP contribution < -0.4 is 10.6 Å². The van der Waals surface area contributed by atoms with Gasteiger partial charge in [-0.05, 0) is 54.8 Å². The molecule has 3 aromatic carbocycles. The Morgan fingerprint density at radius 1 is 1.00 bits per heavy atom. The van der Waals surface area contributed by atoms with Crippen molar-refractivity contribution in [3.63, 3.8) is 0 Å². The summed E-state index contributed by atoms with van der Waals surface area (Å²) in [6.07, 6.45) is 4.77. The second kappa shape index (κ2) is 11.6. The molecule has 2 N–H and O–H groups in total. The van der Waals surface area contributed by atoms with Gasteiger partial charge in [0.25, 0.3) is 5.91 Å². The number of amides is 1. The van der Waals surface area contributed by atoms with Crippen LogP contribution in [0, 0.1) is 11.3 Å². The van der Waals surface area contributed by atoms with E-state index < -0.39 is 5.91 Å². The number of carbonyl (C=O) groups excluding carboxylic acids is 1. The molecule has 0 saturated carbocycles. The SMILES string of the molecule is CCCCc1ccc(NC(=O)/C(C#N)=C\Nc2ccccc2Sc2ccccc2)cc1. The molecule has 31 heavy (non-hydrogen) atoms. The summed E-state index contributed by atoms with van der Waals surface area (Å²) >= 11 is 1.62. The van der Waals surface area contributed by atoms with Crippen LogP contribution in [-0.2, 0) is 11.2 Å². The third-order valence-corrected chi connectivity index (χ3v) is 5.71. The van der Waals surface area contributed by atoms with Crippen LogP contribution in [0.5, 0.6) is 0 Å². The van der Waals surface area contributed by atoms with Gasteiger partial charge in [0, 0.05) is 21.7 Å². The quantitative estimate of drug-likeness (QED) is 0.297. The predicted octanol–water partition coefficient (Wildman–Crippen LogP) is 6.64. The summed E-state index contributed by atoms with van der Waals surface area (Å²) in [7, 11) is 0. The van der Waals surface area contributed by atoms with Crippen LogP contribution in [0.3, 0.4) is 0 Å². The van der Waals surface area contributed by atoms with Gasteiger partial charge in [-0.25, -0.2) is 0 Å². The average molecular weight is 428 g/mol. The topological polar surface area (TPSA) is 64.9 Å². The van der Waals surface area contributed by atoms with Crippen LogP contribution in [0.2, 0.25) is 0 Å². The Labute approximate surface area is 188 Å².